The van der Waals surface area contributed by atoms with Gasteiger partial charge in [0.15, 0.2) is 0 Å². The quantitative estimate of drug-likeness (QED) is 0.349. The van der Waals surface area contributed by atoms with Crippen LogP contribution in [0, 0.1) is 0 Å². The van der Waals surface area contributed by atoms with Crippen molar-refractivity contribution < 1.29 is 13.0 Å². The van der Waals surface area contributed by atoms with Crippen molar-refractivity contribution >= 4 is 8.74 Å². The highest BCUT2D eigenvalue weighted by Crippen LogP contribution is 2.14. The van der Waals surface area contributed by atoms with Gasteiger partial charge in [0.25, 0.3) is 0 Å². The maximum atomic E-state index is 12.3. The first kappa shape index (κ1) is 11.0. The van der Waals surface area contributed by atoms with E-state index in [1.807, 2.05) is 6.92 Å². The molecular formula is C7H16F2OSi. The van der Waals surface area contributed by atoms with Crippen LogP contribution in [0.5, 0.6) is 0 Å². The van der Waals surface area contributed by atoms with Gasteiger partial charge in [0.05, 0.1) is 0 Å². The first-order valence-electron chi connectivity index (χ1n) is 4.02. The molecule has 0 radical (unpaired) electrons. The zero-order valence-corrected chi connectivity index (χ0v) is 8.20. The fourth-order valence-corrected chi connectivity index (χ4v) is 1.50. The topological polar surface area (TPSA) is 9.23 Å². The SMILES string of the molecule is CCCOCCC[Si](C)(F)F. The fraction of sp³-hybridized carbons (Fsp3) is 1.00. The molecular weight excluding hydrogens is 166 g/mol. The molecule has 68 valence electrons. The Morgan fingerprint density at radius 1 is 1.27 bits per heavy atom. The summed E-state index contributed by atoms with van der Waals surface area (Å²) in [5.41, 5.74) is 0. The number of rotatable bonds is 6. The highest BCUT2D eigenvalue weighted by atomic mass is 28.4. The van der Waals surface area contributed by atoms with E-state index in [2.05, 4.69) is 0 Å². The summed E-state index contributed by atoms with van der Waals surface area (Å²) in [7, 11) is -3.80. The minimum Gasteiger partial charge on any atom is -0.381 e. The molecule has 0 amide bonds. The Balaban J connectivity index is 3.02. The van der Waals surface area contributed by atoms with Crippen LogP contribution in [0.4, 0.5) is 8.22 Å². The molecule has 0 aromatic carbocycles. The molecule has 11 heavy (non-hydrogen) atoms. The number of ether oxygens (including phenoxy) is 1. The van der Waals surface area contributed by atoms with E-state index in [1.54, 1.807) is 0 Å². The standard InChI is InChI=1S/C7H16F2OSi/c1-3-5-10-6-4-7-11(2,8)9/h3-7H2,1-2H3. The molecule has 0 N–H and O–H groups in total. The molecule has 0 aromatic rings. The van der Waals surface area contributed by atoms with E-state index in [0.29, 0.717) is 19.6 Å². The third-order valence-electron chi connectivity index (χ3n) is 1.25. The van der Waals surface area contributed by atoms with E-state index in [0.717, 1.165) is 13.0 Å². The number of hydrogen-bond donors (Lipinski definition) is 0. The molecule has 0 aliphatic carbocycles. The van der Waals surface area contributed by atoms with E-state index in [1.165, 1.54) is 0 Å². The van der Waals surface area contributed by atoms with Gasteiger partial charge in [-0.05, 0) is 19.4 Å². The van der Waals surface area contributed by atoms with Gasteiger partial charge < -0.3 is 4.74 Å². The summed E-state index contributed by atoms with van der Waals surface area (Å²) >= 11 is 0. The third-order valence-corrected chi connectivity index (χ3v) is 2.48. The molecule has 0 aromatic heterocycles. The van der Waals surface area contributed by atoms with E-state index < -0.39 is 8.74 Å². The van der Waals surface area contributed by atoms with Crippen LogP contribution in [0.1, 0.15) is 19.8 Å². The Morgan fingerprint density at radius 3 is 2.36 bits per heavy atom. The molecule has 0 atom stereocenters. The van der Waals surface area contributed by atoms with Crippen LogP contribution < -0.4 is 0 Å². The molecule has 0 spiro atoms. The van der Waals surface area contributed by atoms with E-state index in [-0.39, 0.29) is 6.04 Å². The Hall–Kier alpha value is 0.0369. The van der Waals surface area contributed by atoms with Crippen molar-refractivity contribution in [2.24, 2.45) is 0 Å². The lowest BCUT2D eigenvalue weighted by atomic mass is 10.5. The van der Waals surface area contributed by atoms with Gasteiger partial charge in [-0.25, -0.2) is 0 Å². The average molecular weight is 182 g/mol. The minimum atomic E-state index is -3.80. The lowest BCUT2D eigenvalue weighted by Gasteiger charge is -2.05. The fourth-order valence-electron chi connectivity index (χ4n) is 0.731. The van der Waals surface area contributed by atoms with Crippen molar-refractivity contribution in [3.8, 4) is 0 Å². The van der Waals surface area contributed by atoms with Gasteiger partial charge in [0.1, 0.15) is 0 Å². The van der Waals surface area contributed by atoms with Crippen LogP contribution in [0.15, 0.2) is 0 Å². The molecule has 4 heteroatoms. The summed E-state index contributed by atoms with van der Waals surface area (Å²) in [6, 6.07) is 0.0662. The Labute approximate surface area is 68.1 Å². The Kier molecular flexibility index (Phi) is 5.68. The highest BCUT2D eigenvalue weighted by Gasteiger charge is 2.26. The van der Waals surface area contributed by atoms with Crippen molar-refractivity contribution in [2.75, 3.05) is 13.2 Å². The van der Waals surface area contributed by atoms with Gasteiger partial charge >= 0.3 is 8.74 Å². The molecule has 0 rings (SSSR count). The summed E-state index contributed by atoms with van der Waals surface area (Å²) in [6.07, 6.45) is 1.47. The van der Waals surface area contributed by atoms with Crippen molar-refractivity contribution in [3.63, 3.8) is 0 Å². The predicted octanol–water partition coefficient (Wildman–Crippen LogP) is 2.81. The molecule has 0 saturated carbocycles. The summed E-state index contributed by atoms with van der Waals surface area (Å²) in [5, 5.41) is 0. The molecule has 0 aliphatic heterocycles. The van der Waals surface area contributed by atoms with Crippen LogP contribution >= 0.6 is 0 Å². The Bertz CT molecular complexity index is 92.9. The Morgan fingerprint density at radius 2 is 1.91 bits per heavy atom. The van der Waals surface area contributed by atoms with Gasteiger partial charge in [0, 0.05) is 19.3 Å². The second-order valence-corrected chi connectivity index (χ2v) is 5.43. The van der Waals surface area contributed by atoms with Gasteiger partial charge in [0.2, 0.25) is 0 Å². The van der Waals surface area contributed by atoms with Gasteiger partial charge in [-0.2, -0.15) is 0 Å². The van der Waals surface area contributed by atoms with E-state index in [4.69, 9.17) is 4.74 Å². The van der Waals surface area contributed by atoms with E-state index >= 15 is 0 Å². The van der Waals surface area contributed by atoms with E-state index in [9.17, 15) is 8.22 Å². The lowest BCUT2D eigenvalue weighted by Crippen LogP contribution is -2.16. The molecule has 0 aliphatic rings. The summed E-state index contributed by atoms with van der Waals surface area (Å²) in [6.45, 7) is 4.26. The molecule has 1 nitrogen and oxygen atoms in total. The van der Waals surface area contributed by atoms with Gasteiger partial charge in [-0.15, -0.1) is 0 Å². The summed E-state index contributed by atoms with van der Waals surface area (Å²) in [5.74, 6) is 0. The second kappa shape index (κ2) is 5.66. The third kappa shape index (κ3) is 10.0. The maximum Gasteiger partial charge on any atom is 0.422 e. The van der Waals surface area contributed by atoms with Crippen LogP contribution in [0.25, 0.3) is 0 Å². The molecule has 0 bridgehead atoms. The molecule has 0 fully saturated rings. The second-order valence-electron chi connectivity index (χ2n) is 2.79. The van der Waals surface area contributed by atoms with Crippen LogP contribution in [-0.4, -0.2) is 22.0 Å². The first-order valence-corrected chi connectivity index (χ1v) is 6.48. The van der Waals surface area contributed by atoms with Crippen molar-refractivity contribution in [1.82, 2.24) is 0 Å². The summed E-state index contributed by atoms with van der Waals surface area (Å²) < 4.78 is 29.7. The normalized spacial score (nSPS) is 12.0. The lowest BCUT2D eigenvalue weighted by molar-refractivity contribution is 0.134. The predicted molar refractivity (Wildman–Crippen MR) is 44.4 cm³/mol. The van der Waals surface area contributed by atoms with Crippen LogP contribution in [0.3, 0.4) is 0 Å². The molecule has 0 unspecified atom stereocenters. The minimum absolute atomic E-state index is 0.0662. The van der Waals surface area contributed by atoms with Crippen LogP contribution in [-0.2, 0) is 4.74 Å². The van der Waals surface area contributed by atoms with Gasteiger partial charge in [-0.3, -0.25) is 8.22 Å². The maximum absolute atomic E-state index is 12.3. The zero-order valence-electron chi connectivity index (χ0n) is 7.20. The monoisotopic (exact) mass is 182 g/mol. The molecule has 0 saturated heterocycles. The van der Waals surface area contributed by atoms with Crippen molar-refractivity contribution in [1.29, 1.82) is 0 Å². The number of hydrogen-bond acceptors (Lipinski definition) is 1. The van der Waals surface area contributed by atoms with Crippen molar-refractivity contribution in [2.45, 2.75) is 32.4 Å². The van der Waals surface area contributed by atoms with Gasteiger partial charge in [-0.1, -0.05) is 6.92 Å². The zero-order chi connectivity index (χ0) is 8.74. The average Bonchev–Trinajstić information content (AvgIpc) is 1.85. The highest BCUT2D eigenvalue weighted by molar-refractivity contribution is 6.64. The number of halogens is 2. The van der Waals surface area contributed by atoms with Crippen molar-refractivity contribution in [3.05, 3.63) is 0 Å². The first-order chi connectivity index (χ1) is 5.06. The largest absolute Gasteiger partial charge is 0.422 e. The summed E-state index contributed by atoms with van der Waals surface area (Å²) in [4.78, 5) is 0. The smallest absolute Gasteiger partial charge is 0.381 e. The van der Waals surface area contributed by atoms with Crippen LogP contribution in [0.2, 0.25) is 12.6 Å². The molecule has 0 heterocycles.